The van der Waals surface area contributed by atoms with Gasteiger partial charge >= 0.3 is 5.97 Å². The molecular formula is C20H26N2O4S. The van der Waals surface area contributed by atoms with Gasteiger partial charge < -0.3 is 14.5 Å². The average Bonchev–Trinajstić information content (AvgIpc) is 3.05. The third-order valence-electron chi connectivity index (χ3n) is 5.31. The van der Waals surface area contributed by atoms with Crippen molar-refractivity contribution in [1.82, 2.24) is 4.90 Å². The van der Waals surface area contributed by atoms with Crippen molar-refractivity contribution in [3.63, 3.8) is 0 Å². The largest absolute Gasteiger partial charge is 0.464 e. The highest BCUT2D eigenvalue weighted by atomic mass is 32.2. The Kier molecular flexibility index (Phi) is 6.09. The lowest BCUT2D eigenvalue weighted by atomic mass is 10.1. The number of rotatable bonds is 4. The van der Waals surface area contributed by atoms with Crippen LogP contribution in [0.2, 0.25) is 0 Å². The fourth-order valence-corrected chi connectivity index (χ4v) is 4.70. The van der Waals surface area contributed by atoms with Gasteiger partial charge in [0.2, 0.25) is 11.8 Å². The van der Waals surface area contributed by atoms with E-state index in [4.69, 9.17) is 4.74 Å². The summed E-state index contributed by atoms with van der Waals surface area (Å²) in [7, 11) is 0. The summed E-state index contributed by atoms with van der Waals surface area (Å²) >= 11 is 1.65. The van der Waals surface area contributed by atoms with Crippen molar-refractivity contribution >= 4 is 35.2 Å². The molecule has 2 heterocycles. The minimum absolute atomic E-state index is 0.0406. The highest BCUT2D eigenvalue weighted by Gasteiger charge is 2.42. The maximum absolute atomic E-state index is 13.1. The summed E-state index contributed by atoms with van der Waals surface area (Å²) in [6, 6.07) is 5.31. The zero-order chi connectivity index (χ0) is 19.6. The summed E-state index contributed by atoms with van der Waals surface area (Å²) in [6.45, 7) is 6.94. The zero-order valence-corrected chi connectivity index (χ0v) is 16.9. The van der Waals surface area contributed by atoms with E-state index in [1.807, 2.05) is 32.0 Å². The predicted molar refractivity (Wildman–Crippen MR) is 106 cm³/mol. The molecule has 0 spiro atoms. The molecule has 2 atom stereocenters. The van der Waals surface area contributed by atoms with Crippen LogP contribution in [0.3, 0.4) is 0 Å². The molecule has 2 aliphatic heterocycles. The minimum Gasteiger partial charge on any atom is -0.464 e. The lowest BCUT2D eigenvalue weighted by Gasteiger charge is -2.35. The molecule has 0 radical (unpaired) electrons. The van der Waals surface area contributed by atoms with E-state index in [1.165, 1.54) is 0 Å². The summed E-state index contributed by atoms with van der Waals surface area (Å²) < 4.78 is 5.14. The first kappa shape index (κ1) is 19.7. The van der Waals surface area contributed by atoms with Gasteiger partial charge in [0.25, 0.3) is 0 Å². The number of esters is 1. The first-order valence-electron chi connectivity index (χ1n) is 9.35. The van der Waals surface area contributed by atoms with Crippen LogP contribution >= 0.6 is 11.8 Å². The van der Waals surface area contributed by atoms with E-state index in [9.17, 15) is 14.4 Å². The molecule has 3 rings (SSSR count). The van der Waals surface area contributed by atoms with Crippen LogP contribution in [0.25, 0.3) is 0 Å². The lowest BCUT2D eigenvalue weighted by Crippen LogP contribution is -2.53. The fraction of sp³-hybridized carbons (Fsp3) is 0.550. The number of hydrogen-bond donors (Lipinski definition) is 0. The molecule has 0 N–H and O–H groups in total. The Labute approximate surface area is 164 Å². The molecule has 1 aromatic rings. The molecule has 27 heavy (non-hydrogen) atoms. The molecule has 6 nitrogen and oxygen atoms in total. The third-order valence-corrected chi connectivity index (χ3v) is 6.33. The number of hydrogen-bond acceptors (Lipinski definition) is 5. The Morgan fingerprint density at radius 3 is 2.81 bits per heavy atom. The summed E-state index contributed by atoms with van der Waals surface area (Å²) in [5.74, 6) is 0.413. The van der Waals surface area contributed by atoms with Crippen LogP contribution in [-0.2, 0) is 19.1 Å². The summed E-state index contributed by atoms with van der Waals surface area (Å²) in [6.07, 6.45) is 0.186. The first-order valence-corrected chi connectivity index (χ1v) is 10.5. The minimum atomic E-state index is -0.555. The average molecular weight is 391 g/mol. The number of amides is 2. The van der Waals surface area contributed by atoms with Crippen LogP contribution in [0.5, 0.6) is 0 Å². The molecule has 0 saturated carbocycles. The van der Waals surface area contributed by atoms with Crippen molar-refractivity contribution in [3.05, 3.63) is 29.3 Å². The van der Waals surface area contributed by atoms with Gasteiger partial charge in [-0.15, -0.1) is 0 Å². The topological polar surface area (TPSA) is 66.9 Å². The van der Waals surface area contributed by atoms with Gasteiger partial charge in [-0.2, -0.15) is 11.8 Å². The number of nitrogens with zero attached hydrogens (tertiary/aromatic N) is 2. The monoisotopic (exact) mass is 390 g/mol. The van der Waals surface area contributed by atoms with Gasteiger partial charge in [-0.1, -0.05) is 12.1 Å². The highest BCUT2D eigenvalue weighted by Crippen LogP contribution is 2.31. The van der Waals surface area contributed by atoms with Gasteiger partial charge in [0.1, 0.15) is 6.04 Å². The molecule has 0 unspecified atom stereocenters. The second-order valence-corrected chi connectivity index (χ2v) is 8.15. The van der Waals surface area contributed by atoms with Gasteiger partial charge in [-0.05, 0) is 38.0 Å². The summed E-state index contributed by atoms with van der Waals surface area (Å²) in [5.41, 5.74) is 3.04. The van der Waals surface area contributed by atoms with E-state index in [-0.39, 0.29) is 24.2 Å². The molecule has 0 aliphatic carbocycles. The fourth-order valence-electron chi connectivity index (χ4n) is 3.67. The Hall–Kier alpha value is -2.02. The quantitative estimate of drug-likeness (QED) is 0.737. The highest BCUT2D eigenvalue weighted by molar-refractivity contribution is 7.99. The van der Waals surface area contributed by atoms with Crippen molar-refractivity contribution in [2.24, 2.45) is 5.92 Å². The number of carbonyl (C=O) groups excluding carboxylic acids is 3. The normalized spacial score (nSPS) is 22.9. The van der Waals surface area contributed by atoms with E-state index in [2.05, 4.69) is 0 Å². The third kappa shape index (κ3) is 3.98. The Balaban J connectivity index is 1.76. The SMILES string of the molecule is CCOC(=O)[C@H]1CSCCN1C(=O)[C@@H]1CC(=O)N(c2cccc(C)c2C)C1. The van der Waals surface area contributed by atoms with E-state index >= 15 is 0 Å². The summed E-state index contributed by atoms with van der Waals surface area (Å²) in [5, 5.41) is 0. The number of ether oxygens (including phenoxy) is 1. The van der Waals surface area contributed by atoms with Crippen LogP contribution in [-0.4, -0.2) is 59.9 Å². The second kappa shape index (κ2) is 8.33. The second-order valence-electron chi connectivity index (χ2n) is 7.00. The molecular weight excluding hydrogens is 364 g/mol. The Morgan fingerprint density at radius 1 is 1.30 bits per heavy atom. The number of benzene rings is 1. The van der Waals surface area contributed by atoms with Crippen molar-refractivity contribution < 1.29 is 19.1 Å². The summed E-state index contributed by atoms with van der Waals surface area (Å²) in [4.78, 5) is 41.3. The van der Waals surface area contributed by atoms with Gasteiger partial charge in [0.05, 0.1) is 12.5 Å². The molecule has 0 bridgehead atoms. The molecule has 2 fully saturated rings. The van der Waals surface area contributed by atoms with Crippen molar-refractivity contribution in [2.45, 2.75) is 33.2 Å². The van der Waals surface area contributed by atoms with Crippen LogP contribution in [0.1, 0.15) is 24.5 Å². The van der Waals surface area contributed by atoms with E-state index in [0.717, 1.165) is 22.6 Å². The maximum atomic E-state index is 13.1. The van der Waals surface area contributed by atoms with Crippen molar-refractivity contribution in [3.8, 4) is 0 Å². The van der Waals surface area contributed by atoms with Gasteiger partial charge in [-0.25, -0.2) is 4.79 Å². The standard InChI is InChI=1S/C20H26N2O4S/c1-4-26-20(25)17-12-27-9-8-21(17)19(24)15-10-18(23)22(11-15)16-7-5-6-13(2)14(16)3/h5-7,15,17H,4,8-12H2,1-3H3/t15-,17-/m1/s1. The van der Waals surface area contributed by atoms with E-state index < -0.39 is 12.0 Å². The van der Waals surface area contributed by atoms with Crippen LogP contribution in [0.4, 0.5) is 5.69 Å². The number of thioether (sulfide) groups is 1. The van der Waals surface area contributed by atoms with Crippen LogP contribution < -0.4 is 4.90 Å². The predicted octanol–water partition coefficient (Wildman–Crippen LogP) is 2.16. The van der Waals surface area contributed by atoms with Crippen LogP contribution in [0, 0.1) is 19.8 Å². The maximum Gasteiger partial charge on any atom is 0.329 e. The smallest absolute Gasteiger partial charge is 0.329 e. The van der Waals surface area contributed by atoms with Crippen molar-refractivity contribution in [1.29, 1.82) is 0 Å². The molecule has 146 valence electrons. The number of anilines is 1. The van der Waals surface area contributed by atoms with Crippen molar-refractivity contribution in [2.75, 3.05) is 36.1 Å². The van der Waals surface area contributed by atoms with Gasteiger partial charge in [0, 0.05) is 36.7 Å². The zero-order valence-electron chi connectivity index (χ0n) is 16.1. The molecule has 2 aliphatic rings. The van der Waals surface area contributed by atoms with Gasteiger partial charge in [-0.3, -0.25) is 9.59 Å². The lowest BCUT2D eigenvalue weighted by molar-refractivity contribution is -0.155. The van der Waals surface area contributed by atoms with E-state index in [1.54, 1.807) is 28.5 Å². The molecule has 1 aromatic carbocycles. The molecule has 7 heteroatoms. The number of aryl methyl sites for hydroxylation is 1. The first-order chi connectivity index (χ1) is 12.9. The molecule has 0 aromatic heterocycles. The van der Waals surface area contributed by atoms with Gasteiger partial charge in [0.15, 0.2) is 0 Å². The Bertz CT molecular complexity index is 751. The molecule has 2 amide bonds. The number of carbonyl (C=O) groups is 3. The Morgan fingerprint density at radius 2 is 2.07 bits per heavy atom. The molecule has 2 saturated heterocycles. The van der Waals surface area contributed by atoms with E-state index in [0.29, 0.717) is 25.4 Å². The van der Waals surface area contributed by atoms with Crippen LogP contribution in [0.15, 0.2) is 18.2 Å².